The molecular formula is C20H25N3O2. The van der Waals surface area contributed by atoms with Gasteiger partial charge in [0.05, 0.1) is 6.54 Å². The molecule has 0 aliphatic carbocycles. The fourth-order valence-corrected chi connectivity index (χ4v) is 2.86. The molecule has 0 heterocycles. The SMILES string of the molecule is CCCN(CC(=O)Nc1ccccc1C)[C@@H](C(N)=O)c1ccccc1. The molecule has 0 fully saturated rings. The van der Waals surface area contributed by atoms with Gasteiger partial charge in [0.15, 0.2) is 0 Å². The molecule has 3 N–H and O–H groups in total. The Morgan fingerprint density at radius 2 is 1.72 bits per heavy atom. The van der Waals surface area contributed by atoms with Crippen LogP contribution < -0.4 is 11.1 Å². The Bertz CT molecular complexity index is 716. The normalized spacial score (nSPS) is 12.0. The molecule has 0 aromatic heterocycles. The van der Waals surface area contributed by atoms with Gasteiger partial charge in [-0.1, -0.05) is 55.5 Å². The van der Waals surface area contributed by atoms with Crippen LogP contribution >= 0.6 is 0 Å². The lowest BCUT2D eigenvalue weighted by Crippen LogP contribution is -2.42. The Labute approximate surface area is 148 Å². The lowest BCUT2D eigenvalue weighted by molar-refractivity contribution is -0.125. The first-order valence-corrected chi connectivity index (χ1v) is 8.46. The second-order valence-corrected chi connectivity index (χ2v) is 6.05. The van der Waals surface area contributed by atoms with E-state index in [0.29, 0.717) is 6.54 Å². The van der Waals surface area contributed by atoms with Crippen molar-refractivity contribution in [3.8, 4) is 0 Å². The first kappa shape index (κ1) is 18.7. The summed E-state index contributed by atoms with van der Waals surface area (Å²) in [6.45, 7) is 4.65. The van der Waals surface area contributed by atoms with Crippen molar-refractivity contribution in [2.24, 2.45) is 5.73 Å². The van der Waals surface area contributed by atoms with E-state index in [1.54, 1.807) is 0 Å². The zero-order chi connectivity index (χ0) is 18.2. The van der Waals surface area contributed by atoms with E-state index in [1.165, 1.54) is 0 Å². The number of hydrogen-bond donors (Lipinski definition) is 2. The van der Waals surface area contributed by atoms with Gasteiger partial charge in [-0.05, 0) is 37.1 Å². The first-order valence-electron chi connectivity index (χ1n) is 8.46. The number of aryl methyl sites for hydroxylation is 1. The number of carbonyl (C=O) groups is 2. The number of rotatable bonds is 8. The van der Waals surface area contributed by atoms with Gasteiger partial charge in [-0.25, -0.2) is 0 Å². The topological polar surface area (TPSA) is 75.4 Å². The van der Waals surface area contributed by atoms with Crippen LogP contribution in [-0.2, 0) is 9.59 Å². The Hall–Kier alpha value is -2.66. The number of carbonyl (C=O) groups excluding carboxylic acids is 2. The van der Waals surface area contributed by atoms with E-state index < -0.39 is 11.9 Å². The third-order valence-electron chi connectivity index (χ3n) is 4.03. The van der Waals surface area contributed by atoms with Gasteiger partial charge in [0.25, 0.3) is 0 Å². The molecule has 25 heavy (non-hydrogen) atoms. The molecule has 1 atom stereocenters. The van der Waals surface area contributed by atoms with E-state index in [2.05, 4.69) is 5.32 Å². The van der Waals surface area contributed by atoms with Gasteiger partial charge in [0.1, 0.15) is 6.04 Å². The highest BCUT2D eigenvalue weighted by molar-refractivity contribution is 5.93. The first-order chi connectivity index (χ1) is 12.0. The molecule has 0 saturated heterocycles. The number of benzene rings is 2. The van der Waals surface area contributed by atoms with Gasteiger partial charge in [-0.3, -0.25) is 14.5 Å². The zero-order valence-electron chi connectivity index (χ0n) is 14.7. The van der Waals surface area contributed by atoms with Crippen LogP contribution in [0.25, 0.3) is 0 Å². The van der Waals surface area contributed by atoms with E-state index in [-0.39, 0.29) is 12.5 Å². The summed E-state index contributed by atoms with van der Waals surface area (Å²) in [6.07, 6.45) is 0.814. The number of para-hydroxylation sites is 1. The quantitative estimate of drug-likeness (QED) is 0.776. The summed E-state index contributed by atoms with van der Waals surface area (Å²) in [6, 6.07) is 16.3. The summed E-state index contributed by atoms with van der Waals surface area (Å²) >= 11 is 0. The van der Waals surface area contributed by atoms with Gasteiger partial charge in [-0.15, -0.1) is 0 Å². The Kier molecular flexibility index (Phi) is 6.71. The Morgan fingerprint density at radius 1 is 1.08 bits per heavy atom. The second-order valence-electron chi connectivity index (χ2n) is 6.05. The fraction of sp³-hybridized carbons (Fsp3) is 0.300. The van der Waals surface area contributed by atoms with E-state index in [0.717, 1.165) is 23.2 Å². The van der Waals surface area contributed by atoms with Crippen molar-refractivity contribution in [2.45, 2.75) is 26.3 Å². The molecule has 132 valence electrons. The minimum absolute atomic E-state index is 0.102. The maximum atomic E-state index is 12.5. The molecular weight excluding hydrogens is 314 g/mol. The molecule has 5 heteroatoms. The van der Waals surface area contributed by atoms with Crippen LogP contribution in [0, 0.1) is 6.92 Å². The standard InChI is InChI=1S/C20H25N3O2/c1-3-13-23(19(20(21)25)16-10-5-4-6-11-16)14-18(24)22-17-12-8-7-9-15(17)2/h4-12,19H,3,13-14H2,1-2H3,(H2,21,25)(H,22,24)/t19-/m1/s1. The van der Waals surface area contributed by atoms with Crippen molar-refractivity contribution in [2.75, 3.05) is 18.4 Å². The van der Waals surface area contributed by atoms with Crippen LogP contribution in [-0.4, -0.2) is 29.8 Å². The molecule has 2 aromatic rings. The average Bonchev–Trinajstić information content (AvgIpc) is 2.58. The maximum Gasteiger partial charge on any atom is 0.239 e. The van der Waals surface area contributed by atoms with Gasteiger partial charge in [-0.2, -0.15) is 0 Å². The van der Waals surface area contributed by atoms with Gasteiger partial charge >= 0.3 is 0 Å². The molecule has 2 rings (SSSR count). The van der Waals surface area contributed by atoms with Gasteiger partial charge < -0.3 is 11.1 Å². The summed E-state index contributed by atoms with van der Waals surface area (Å²) in [5.74, 6) is -0.617. The fourth-order valence-electron chi connectivity index (χ4n) is 2.86. The molecule has 0 aliphatic heterocycles. The number of primary amides is 1. The molecule has 0 bridgehead atoms. The molecule has 0 unspecified atom stereocenters. The number of hydrogen-bond acceptors (Lipinski definition) is 3. The lowest BCUT2D eigenvalue weighted by atomic mass is 10.0. The number of anilines is 1. The van der Waals surface area contributed by atoms with Crippen LogP contribution in [0.5, 0.6) is 0 Å². The minimum Gasteiger partial charge on any atom is -0.368 e. The summed E-state index contributed by atoms with van der Waals surface area (Å²) in [7, 11) is 0. The smallest absolute Gasteiger partial charge is 0.239 e. The number of nitrogens with one attached hydrogen (secondary N) is 1. The predicted octanol–water partition coefficient (Wildman–Crippen LogP) is 2.87. The summed E-state index contributed by atoms with van der Waals surface area (Å²) in [4.78, 5) is 26.4. The maximum absolute atomic E-state index is 12.5. The highest BCUT2D eigenvalue weighted by atomic mass is 16.2. The van der Waals surface area contributed by atoms with Crippen LogP contribution in [0.4, 0.5) is 5.69 Å². The van der Waals surface area contributed by atoms with Crippen LogP contribution in [0.15, 0.2) is 54.6 Å². The number of nitrogens with zero attached hydrogens (tertiary/aromatic N) is 1. The Morgan fingerprint density at radius 3 is 2.32 bits per heavy atom. The van der Waals surface area contributed by atoms with E-state index in [1.807, 2.05) is 73.3 Å². The van der Waals surface area contributed by atoms with Crippen LogP contribution in [0.2, 0.25) is 0 Å². The molecule has 0 aliphatic rings. The van der Waals surface area contributed by atoms with Crippen molar-refractivity contribution in [3.63, 3.8) is 0 Å². The molecule has 2 aromatic carbocycles. The number of nitrogens with two attached hydrogens (primary N) is 1. The van der Waals surface area contributed by atoms with Crippen molar-refractivity contribution in [1.82, 2.24) is 4.90 Å². The zero-order valence-corrected chi connectivity index (χ0v) is 14.7. The lowest BCUT2D eigenvalue weighted by Gasteiger charge is -2.29. The summed E-state index contributed by atoms with van der Waals surface area (Å²) < 4.78 is 0. The van der Waals surface area contributed by atoms with Crippen LogP contribution in [0.1, 0.15) is 30.5 Å². The van der Waals surface area contributed by atoms with Crippen LogP contribution in [0.3, 0.4) is 0 Å². The largest absolute Gasteiger partial charge is 0.368 e. The van der Waals surface area contributed by atoms with E-state index in [4.69, 9.17) is 5.73 Å². The highest BCUT2D eigenvalue weighted by Crippen LogP contribution is 2.21. The van der Waals surface area contributed by atoms with Gasteiger partial charge in [0, 0.05) is 5.69 Å². The third kappa shape index (κ3) is 5.16. The van der Waals surface area contributed by atoms with Crippen molar-refractivity contribution in [3.05, 3.63) is 65.7 Å². The van der Waals surface area contributed by atoms with E-state index >= 15 is 0 Å². The Balaban J connectivity index is 2.17. The monoisotopic (exact) mass is 339 g/mol. The molecule has 2 amide bonds. The van der Waals surface area contributed by atoms with Crippen molar-refractivity contribution < 1.29 is 9.59 Å². The van der Waals surface area contributed by atoms with E-state index in [9.17, 15) is 9.59 Å². The molecule has 0 spiro atoms. The second kappa shape index (κ2) is 8.99. The average molecular weight is 339 g/mol. The highest BCUT2D eigenvalue weighted by Gasteiger charge is 2.26. The predicted molar refractivity (Wildman–Crippen MR) is 100 cm³/mol. The molecule has 5 nitrogen and oxygen atoms in total. The number of amides is 2. The minimum atomic E-state index is -0.622. The van der Waals surface area contributed by atoms with Crippen molar-refractivity contribution in [1.29, 1.82) is 0 Å². The van der Waals surface area contributed by atoms with Crippen molar-refractivity contribution >= 4 is 17.5 Å². The third-order valence-corrected chi connectivity index (χ3v) is 4.03. The summed E-state index contributed by atoms with van der Waals surface area (Å²) in [5.41, 5.74) is 8.21. The molecule has 0 saturated carbocycles. The molecule has 0 radical (unpaired) electrons. The van der Waals surface area contributed by atoms with Gasteiger partial charge in [0.2, 0.25) is 11.8 Å². The summed E-state index contributed by atoms with van der Waals surface area (Å²) in [5, 5.41) is 2.91.